The van der Waals surface area contributed by atoms with Gasteiger partial charge in [0, 0.05) is 58.4 Å². The Morgan fingerprint density at radius 2 is 2.30 bits per heavy atom. The summed E-state index contributed by atoms with van der Waals surface area (Å²) in [5.41, 5.74) is 0. The van der Waals surface area contributed by atoms with Crippen molar-refractivity contribution < 1.29 is 9.00 Å². The van der Waals surface area contributed by atoms with E-state index in [-0.39, 0.29) is 17.2 Å². The molecule has 0 bridgehead atoms. The second-order valence-corrected chi connectivity index (χ2v) is 8.81. The maximum Gasteiger partial charge on any atom is 0.221 e. The van der Waals surface area contributed by atoms with Crippen molar-refractivity contribution >= 4 is 28.5 Å². The van der Waals surface area contributed by atoms with Crippen molar-refractivity contribution in [1.29, 1.82) is 0 Å². The summed E-state index contributed by atoms with van der Waals surface area (Å²) in [6, 6.07) is 0.547. The van der Waals surface area contributed by atoms with E-state index >= 15 is 0 Å². The smallest absolute Gasteiger partial charge is 0.221 e. The molecule has 0 aromatic rings. The molecule has 1 heterocycles. The van der Waals surface area contributed by atoms with Gasteiger partial charge in [-0.15, -0.1) is 0 Å². The summed E-state index contributed by atoms with van der Waals surface area (Å²) in [5.74, 6) is 3.05. The lowest BCUT2D eigenvalue weighted by Crippen LogP contribution is -2.45. The summed E-state index contributed by atoms with van der Waals surface area (Å²) in [6.45, 7) is 2.98. The lowest BCUT2D eigenvalue weighted by molar-refractivity contribution is -0.122. The second-order valence-electron chi connectivity index (χ2n) is 5.65. The van der Waals surface area contributed by atoms with E-state index in [9.17, 15) is 9.00 Å². The van der Waals surface area contributed by atoms with Crippen molar-refractivity contribution in [3.63, 3.8) is 0 Å². The highest BCUT2D eigenvalue weighted by Crippen LogP contribution is 2.23. The molecule has 1 amide bonds. The van der Waals surface area contributed by atoms with Crippen LogP contribution >= 0.6 is 11.8 Å². The van der Waals surface area contributed by atoms with Crippen molar-refractivity contribution in [3.05, 3.63) is 0 Å². The van der Waals surface area contributed by atoms with Gasteiger partial charge < -0.3 is 10.6 Å². The molecule has 4 nitrogen and oxygen atoms in total. The van der Waals surface area contributed by atoms with Crippen LogP contribution in [0.3, 0.4) is 0 Å². The summed E-state index contributed by atoms with van der Waals surface area (Å²) in [7, 11) is -0.722. The lowest BCUT2D eigenvalue weighted by atomic mass is 9.94. The van der Waals surface area contributed by atoms with E-state index in [0.717, 1.165) is 49.5 Å². The summed E-state index contributed by atoms with van der Waals surface area (Å²) in [5, 5.41) is 6.83. The van der Waals surface area contributed by atoms with Gasteiger partial charge in [-0.25, -0.2) is 0 Å². The number of carbonyl (C=O) groups excluding carboxylic acids is 1. The molecule has 0 spiro atoms. The van der Waals surface area contributed by atoms with Gasteiger partial charge in [0.15, 0.2) is 0 Å². The van der Waals surface area contributed by atoms with Crippen LogP contribution in [0.4, 0.5) is 0 Å². The molecule has 1 saturated carbocycles. The number of amides is 1. The maximum atomic E-state index is 12.1. The van der Waals surface area contributed by atoms with Crippen molar-refractivity contribution in [3.8, 4) is 0 Å². The molecule has 0 radical (unpaired) electrons. The van der Waals surface area contributed by atoms with E-state index < -0.39 is 10.8 Å². The van der Waals surface area contributed by atoms with Gasteiger partial charge in [-0.05, 0) is 19.3 Å². The van der Waals surface area contributed by atoms with Crippen LogP contribution in [-0.4, -0.2) is 51.3 Å². The molecule has 2 N–H and O–H groups in total. The molecule has 0 aromatic carbocycles. The Bertz CT molecular complexity index is 346. The first-order chi connectivity index (χ1) is 9.69. The first-order valence-corrected chi connectivity index (χ1v) is 10.2. The van der Waals surface area contributed by atoms with Crippen LogP contribution in [0.1, 0.15) is 39.0 Å². The largest absolute Gasteiger partial charge is 0.353 e. The number of hydrogen-bond donors (Lipinski definition) is 2. The van der Waals surface area contributed by atoms with Crippen molar-refractivity contribution in [1.82, 2.24) is 10.6 Å². The Labute approximate surface area is 128 Å². The molecule has 4 unspecified atom stereocenters. The van der Waals surface area contributed by atoms with Gasteiger partial charge in [0.05, 0.1) is 0 Å². The number of hydrogen-bond acceptors (Lipinski definition) is 4. The van der Waals surface area contributed by atoms with Gasteiger partial charge in [-0.2, -0.15) is 11.8 Å². The van der Waals surface area contributed by atoms with E-state index in [0.29, 0.717) is 12.5 Å². The minimum atomic E-state index is -0.722. The first kappa shape index (κ1) is 16.3. The van der Waals surface area contributed by atoms with Gasteiger partial charge in [0.1, 0.15) is 0 Å². The molecular formula is C14H26N2O2S2. The highest BCUT2D eigenvalue weighted by molar-refractivity contribution is 7.99. The van der Waals surface area contributed by atoms with Gasteiger partial charge in [-0.3, -0.25) is 9.00 Å². The standard InChI is InChI=1S/C14H26N2O2S2/c1-2-20(18)13-5-3-4-11(8-13)16-14(17)9-12-10-19-7-6-15-12/h11-13,15H,2-10H2,1H3,(H,16,17). The third-order valence-electron chi connectivity index (χ3n) is 4.08. The Balaban J connectivity index is 1.74. The normalized spacial score (nSPS) is 32.5. The third kappa shape index (κ3) is 5.04. The average Bonchev–Trinajstić information content (AvgIpc) is 2.47. The fourth-order valence-corrected chi connectivity index (χ4v) is 5.31. The first-order valence-electron chi connectivity index (χ1n) is 7.66. The lowest BCUT2D eigenvalue weighted by Gasteiger charge is -2.30. The minimum absolute atomic E-state index is 0.151. The number of rotatable bonds is 5. The number of carbonyl (C=O) groups is 1. The van der Waals surface area contributed by atoms with Crippen LogP contribution in [0, 0.1) is 0 Å². The molecule has 1 aliphatic carbocycles. The highest BCUT2D eigenvalue weighted by atomic mass is 32.2. The minimum Gasteiger partial charge on any atom is -0.353 e. The average molecular weight is 319 g/mol. The molecule has 2 rings (SSSR count). The van der Waals surface area contributed by atoms with Gasteiger partial charge in [0.25, 0.3) is 0 Å². The molecule has 1 aliphatic heterocycles. The van der Waals surface area contributed by atoms with Crippen LogP contribution < -0.4 is 10.6 Å². The maximum absolute atomic E-state index is 12.1. The van der Waals surface area contributed by atoms with Gasteiger partial charge in [-0.1, -0.05) is 13.3 Å². The molecule has 2 aliphatic rings. The Morgan fingerprint density at radius 1 is 1.45 bits per heavy atom. The predicted octanol–water partition coefficient (Wildman–Crippen LogP) is 1.28. The molecule has 116 valence electrons. The summed E-state index contributed by atoms with van der Waals surface area (Å²) in [6.07, 6.45) is 4.63. The van der Waals surface area contributed by atoms with Crippen LogP contribution in [0.25, 0.3) is 0 Å². The Hall–Kier alpha value is -0.0700. The highest BCUT2D eigenvalue weighted by Gasteiger charge is 2.27. The quantitative estimate of drug-likeness (QED) is 0.802. The monoisotopic (exact) mass is 318 g/mol. The molecule has 1 saturated heterocycles. The third-order valence-corrected chi connectivity index (χ3v) is 6.95. The van der Waals surface area contributed by atoms with E-state index in [1.807, 2.05) is 18.7 Å². The topological polar surface area (TPSA) is 58.2 Å². The predicted molar refractivity (Wildman–Crippen MR) is 86.6 cm³/mol. The molecule has 0 aromatic heterocycles. The molecular weight excluding hydrogens is 292 g/mol. The number of nitrogens with one attached hydrogen (secondary N) is 2. The fraction of sp³-hybridized carbons (Fsp3) is 0.929. The van der Waals surface area contributed by atoms with E-state index in [4.69, 9.17) is 0 Å². The van der Waals surface area contributed by atoms with E-state index in [1.54, 1.807) is 0 Å². The Kier molecular flexibility index (Phi) is 6.84. The second kappa shape index (κ2) is 8.39. The van der Waals surface area contributed by atoms with Crippen LogP contribution in [0.15, 0.2) is 0 Å². The fourth-order valence-electron chi connectivity index (χ4n) is 3.01. The molecule has 4 atom stereocenters. The Morgan fingerprint density at radius 3 is 3.00 bits per heavy atom. The SMILES string of the molecule is CCS(=O)C1CCCC(NC(=O)CC2CSCCN2)C1. The van der Waals surface area contributed by atoms with E-state index in [1.165, 1.54) is 0 Å². The summed E-state index contributed by atoms with van der Waals surface area (Å²) >= 11 is 1.92. The zero-order valence-corrected chi connectivity index (χ0v) is 13.9. The van der Waals surface area contributed by atoms with Crippen molar-refractivity contribution in [2.24, 2.45) is 0 Å². The van der Waals surface area contributed by atoms with Crippen LogP contribution in [-0.2, 0) is 15.6 Å². The van der Waals surface area contributed by atoms with Crippen LogP contribution in [0.2, 0.25) is 0 Å². The summed E-state index contributed by atoms with van der Waals surface area (Å²) in [4.78, 5) is 12.1. The van der Waals surface area contributed by atoms with Crippen molar-refractivity contribution in [2.75, 3.05) is 23.8 Å². The van der Waals surface area contributed by atoms with Crippen molar-refractivity contribution in [2.45, 2.75) is 56.4 Å². The molecule has 6 heteroatoms. The van der Waals surface area contributed by atoms with E-state index in [2.05, 4.69) is 10.6 Å². The van der Waals surface area contributed by atoms with Gasteiger partial charge >= 0.3 is 0 Å². The molecule has 2 fully saturated rings. The zero-order valence-electron chi connectivity index (χ0n) is 12.2. The van der Waals surface area contributed by atoms with Crippen LogP contribution in [0.5, 0.6) is 0 Å². The van der Waals surface area contributed by atoms with Gasteiger partial charge in [0.2, 0.25) is 5.91 Å². The molecule has 20 heavy (non-hydrogen) atoms. The summed E-state index contributed by atoms with van der Waals surface area (Å²) < 4.78 is 11.9. The zero-order chi connectivity index (χ0) is 14.4. The number of thioether (sulfide) groups is 1.